The molecule has 0 unspecified atom stereocenters. The first-order valence-electron chi connectivity index (χ1n) is 9.96. The highest BCUT2D eigenvalue weighted by Gasteiger charge is 2.19. The third kappa shape index (κ3) is 5.28. The molecule has 0 spiro atoms. The molecule has 148 valence electrons. The van der Waals surface area contributed by atoms with Crippen molar-refractivity contribution in [2.45, 2.75) is 58.9 Å². The number of pyridine rings is 1. The van der Waals surface area contributed by atoms with Gasteiger partial charge in [0, 0.05) is 17.6 Å². The molecular weight excluding hydrogens is 340 g/mol. The molecule has 0 aliphatic rings. The highest BCUT2D eigenvalue weighted by molar-refractivity contribution is 5.90. The standard InChI is InChI=1S/C22H32N2O3/c1-4-7-9-10-13-24-19-16-17(23)11-12-18(19)20(27-15-8-5-2)21(22(24)25)26-14-6-3/h6,11-12,16H,3-5,7-10,13-15,23H2,1-2H3. The molecule has 0 bridgehead atoms. The average Bonchev–Trinajstić information content (AvgIpc) is 2.66. The number of rotatable bonds is 12. The number of nitrogen functional groups attached to an aromatic ring is 1. The van der Waals surface area contributed by atoms with Crippen LogP contribution in [0.2, 0.25) is 0 Å². The molecule has 0 radical (unpaired) electrons. The van der Waals surface area contributed by atoms with Crippen LogP contribution in [0.4, 0.5) is 5.69 Å². The van der Waals surface area contributed by atoms with Crippen LogP contribution in [0.25, 0.3) is 10.9 Å². The number of benzene rings is 1. The summed E-state index contributed by atoms with van der Waals surface area (Å²) in [6, 6.07) is 5.59. The molecule has 0 saturated heterocycles. The lowest BCUT2D eigenvalue weighted by Gasteiger charge is -2.18. The number of aryl methyl sites for hydroxylation is 1. The van der Waals surface area contributed by atoms with E-state index in [1.807, 2.05) is 18.2 Å². The van der Waals surface area contributed by atoms with Gasteiger partial charge in [-0.15, -0.1) is 0 Å². The van der Waals surface area contributed by atoms with Crippen LogP contribution in [0, 0.1) is 0 Å². The first-order chi connectivity index (χ1) is 13.1. The maximum absolute atomic E-state index is 13.2. The molecule has 1 aromatic heterocycles. The summed E-state index contributed by atoms with van der Waals surface area (Å²) < 4.78 is 13.5. The highest BCUT2D eigenvalue weighted by Crippen LogP contribution is 2.34. The lowest BCUT2D eigenvalue weighted by molar-refractivity contribution is 0.278. The van der Waals surface area contributed by atoms with E-state index in [2.05, 4.69) is 20.4 Å². The lowest BCUT2D eigenvalue weighted by Crippen LogP contribution is -2.24. The predicted octanol–water partition coefficient (Wildman–Crippen LogP) is 4.91. The van der Waals surface area contributed by atoms with Crippen LogP contribution in [0.15, 0.2) is 35.6 Å². The normalized spacial score (nSPS) is 10.9. The molecule has 5 heteroatoms. The van der Waals surface area contributed by atoms with E-state index in [1.165, 1.54) is 0 Å². The first-order valence-corrected chi connectivity index (χ1v) is 9.96. The number of ether oxygens (including phenoxy) is 2. The van der Waals surface area contributed by atoms with E-state index >= 15 is 0 Å². The van der Waals surface area contributed by atoms with Crippen molar-refractivity contribution in [1.82, 2.24) is 4.57 Å². The summed E-state index contributed by atoms with van der Waals surface area (Å²) in [5.41, 5.74) is 7.27. The lowest BCUT2D eigenvalue weighted by atomic mass is 10.1. The Labute approximate surface area is 161 Å². The second-order valence-electron chi connectivity index (χ2n) is 6.75. The van der Waals surface area contributed by atoms with Crippen LogP contribution in [0.5, 0.6) is 11.5 Å². The third-order valence-corrected chi connectivity index (χ3v) is 4.53. The van der Waals surface area contributed by atoms with E-state index in [1.54, 1.807) is 10.6 Å². The molecule has 1 aromatic carbocycles. The highest BCUT2D eigenvalue weighted by atomic mass is 16.5. The van der Waals surface area contributed by atoms with Crippen molar-refractivity contribution < 1.29 is 9.47 Å². The fourth-order valence-corrected chi connectivity index (χ4v) is 3.07. The fourth-order valence-electron chi connectivity index (χ4n) is 3.07. The van der Waals surface area contributed by atoms with Crippen molar-refractivity contribution in [3.05, 3.63) is 41.2 Å². The van der Waals surface area contributed by atoms with Crippen molar-refractivity contribution in [2.75, 3.05) is 18.9 Å². The number of fused-ring (bicyclic) bond motifs is 1. The van der Waals surface area contributed by atoms with E-state index in [0.717, 1.165) is 49.4 Å². The maximum Gasteiger partial charge on any atom is 0.297 e. The smallest absolute Gasteiger partial charge is 0.297 e. The minimum Gasteiger partial charge on any atom is -0.489 e. The van der Waals surface area contributed by atoms with Gasteiger partial charge in [0.1, 0.15) is 6.61 Å². The molecule has 5 nitrogen and oxygen atoms in total. The number of aromatic nitrogens is 1. The summed E-state index contributed by atoms with van der Waals surface area (Å²) in [6.45, 7) is 9.40. The Morgan fingerprint density at radius 1 is 1.07 bits per heavy atom. The van der Waals surface area contributed by atoms with Crippen molar-refractivity contribution in [3.8, 4) is 11.5 Å². The number of nitrogens with zero attached hydrogens (tertiary/aromatic N) is 1. The predicted molar refractivity (Wildman–Crippen MR) is 113 cm³/mol. The number of hydrogen-bond acceptors (Lipinski definition) is 4. The van der Waals surface area contributed by atoms with Gasteiger partial charge in [-0.05, 0) is 31.0 Å². The molecule has 27 heavy (non-hydrogen) atoms. The van der Waals surface area contributed by atoms with Crippen molar-refractivity contribution in [3.63, 3.8) is 0 Å². The number of nitrogens with two attached hydrogens (primary N) is 1. The first kappa shape index (κ1) is 20.9. The van der Waals surface area contributed by atoms with E-state index in [-0.39, 0.29) is 17.9 Å². The monoisotopic (exact) mass is 372 g/mol. The Balaban J connectivity index is 2.56. The number of unbranched alkanes of at least 4 members (excludes halogenated alkanes) is 4. The molecule has 0 saturated carbocycles. The Morgan fingerprint density at radius 2 is 1.85 bits per heavy atom. The fraction of sp³-hybridized carbons (Fsp3) is 0.500. The van der Waals surface area contributed by atoms with Gasteiger partial charge in [0.25, 0.3) is 5.56 Å². The van der Waals surface area contributed by atoms with Gasteiger partial charge < -0.3 is 19.8 Å². The SMILES string of the molecule is C=CCOc1c(OCCCC)c2ccc(N)cc2n(CCCCCC)c1=O. The minimum atomic E-state index is -0.169. The average molecular weight is 373 g/mol. The molecule has 0 aliphatic heterocycles. The van der Waals surface area contributed by atoms with E-state index in [9.17, 15) is 4.79 Å². The topological polar surface area (TPSA) is 66.5 Å². The Bertz CT molecular complexity index is 811. The molecular formula is C22H32N2O3. The van der Waals surface area contributed by atoms with E-state index in [4.69, 9.17) is 15.2 Å². The number of anilines is 1. The van der Waals surface area contributed by atoms with Crippen LogP contribution < -0.4 is 20.8 Å². The van der Waals surface area contributed by atoms with Crippen molar-refractivity contribution in [1.29, 1.82) is 0 Å². The summed E-state index contributed by atoms with van der Waals surface area (Å²) in [7, 11) is 0. The maximum atomic E-state index is 13.2. The van der Waals surface area contributed by atoms with E-state index in [0.29, 0.717) is 24.6 Å². The second kappa shape index (κ2) is 10.7. The van der Waals surface area contributed by atoms with Gasteiger partial charge in [-0.3, -0.25) is 4.79 Å². The molecule has 2 N–H and O–H groups in total. The zero-order valence-corrected chi connectivity index (χ0v) is 16.6. The van der Waals surface area contributed by atoms with Gasteiger partial charge in [0.05, 0.1) is 12.1 Å². The summed E-state index contributed by atoms with van der Waals surface area (Å²) >= 11 is 0. The molecule has 2 aromatic rings. The number of hydrogen-bond donors (Lipinski definition) is 1. The summed E-state index contributed by atoms with van der Waals surface area (Å²) in [5.74, 6) is 0.772. The van der Waals surface area contributed by atoms with Gasteiger partial charge in [-0.1, -0.05) is 52.2 Å². The van der Waals surface area contributed by atoms with Crippen molar-refractivity contribution >= 4 is 16.6 Å². The van der Waals surface area contributed by atoms with Crippen LogP contribution in [-0.4, -0.2) is 17.8 Å². The molecule has 0 fully saturated rings. The van der Waals surface area contributed by atoms with E-state index < -0.39 is 0 Å². The van der Waals surface area contributed by atoms with Crippen LogP contribution in [0.1, 0.15) is 52.4 Å². The van der Waals surface area contributed by atoms with Crippen LogP contribution in [-0.2, 0) is 6.54 Å². The Hall–Kier alpha value is -2.43. The minimum absolute atomic E-state index is 0.169. The molecule has 0 aliphatic carbocycles. The summed E-state index contributed by atoms with van der Waals surface area (Å²) in [6.07, 6.45) is 7.90. The second-order valence-corrected chi connectivity index (χ2v) is 6.75. The molecule has 1 heterocycles. The molecule has 0 atom stereocenters. The van der Waals surface area contributed by atoms with Crippen LogP contribution in [0.3, 0.4) is 0 Å². The quantitative estimate of drug-likeness (QED) is 0.327. The van der Waals surface area contributed by atoms with Gasteiger partial charge in [0.2, 0.25) is 5.75 Å². The molecule has 0 amide bonds. The van der Waals surface area contributed by atoms with Crippen LogP contribution >= 0.6 is 0 Å². The van der Waals surface area contributed by atoms with Gasteiger partial charge in [-0.25, -0.2) is 0 Å². The van der Waals surface area contributed by atoms with Gasteiger partial charge in [-0.2, -0.15) is 0 Å². The largest absolute Gasteiger partial charge is 0.489 e. The third-order valence-electron chi connectivity index (χ3n) is 4.53. The Morgan fingerprint density at radius 3 is 2.56 bits per heavy atom. The van der Waals surface area contributed by atoms with Crippen molar-refractivity contribution in [2.24, 2.45) is 0 Å². The molecule has 2 rings (SSSR count). The zero-order valence-electron chi connectivity index (χ0n) is 16.6. The summed E-state index contributed by atoms with van der Waals surface area (Å²) in [4.78, 5) is 13.2. The van der Waals surface area contributed by atoms with Gasteiger partial charge >= 0.3 is 0 Å². The zero-order chi connectivity index (χ0) is 19.6. The Kier molecular flexibility index (Phi) is 8.24. The van der Waals surface area contributed by atoms with Gasteiger partial charge in [0.15, 0.2) is 5.75 Å². The summed E-state index contributed by atoms with van der Waals surface area (Å²) in [5, 5.41) is 0.856.